The Morgan fingerprint density at radius 2 is 1.53 bits per heavy atom. The number of allylic oxidation sites excluding steroid dienone is 1. The van der Waals surface area contributed by atoms with E-state index in [1.807, 2.05) is 6.92 Å². The van der Waals surface area contributed by atoms with Gasteiger partial charge >= 0.3 is 14.8 Å². The fourth-order valence-corrected chi connectivity index (χ4v) is 4.07. The molecule has 0 rings (SSSR count). The largest absolute Gasteiger partial charge is 0.532 e. The molecule has 0 bridgehead atoms. The molecule has 0 aliphatic carbocycles. The molecule has 0 heterocycles. The van der Waals surface area contributed by atoms with Crippen molar-refractivity contribution in [2.24, 2.45) is 0 Å². The number of hydrogen-bond acceptors (Lipinski definition) is 5. The van der Waals surface area contributed by atoms with Gasteiger partial charge in [0.2, 0.25) is 0 Å². The van der Waals surface area contributed by atoms with E-state index >= 15 is 0 Å². The van der Waals surface area contributed by atoms with Gasteiger partial charge in [-0.3, -0.25) is 0 Å². The van der Waals surface area contributed by atoms with Gasteiger partial charge in [0, 0.05) is 32.1 Å². The lowest BCUT2D eigenvalue weighted by Crippen LogP contribution is -2.46. The minimum Gasteiger partial charge on any atom is -0.466 e. The molecule has 0 saturated heterocycles. The topological polar surface area (TPSA) is 54.0 Å². The van der Waals surface area contributed by atoms with Gasteiger partial charge in [-0.2, -0.15) is 0 Å². The average Bonchev–Trinajstić information content (AvgIpc) is 2.38. The van der Waals surface area contributed by atoms with Crippen LogP contribution in [0.15, 0.2) is 10.8 Å². The third-order valence-corrected chi connectivity index (χ3v) is 5.60. The van der Waals surface area contributed by atoms with Gasteiger partial charge in [0.25, 0.3) is 0 Å². The molecule has 0 aliphatic heterocycles. The van der Waals surface area contributed by atoms with Gasteiger partial charge in [-0.05, 0) is 13.3 Å². The van der Waals surface area contributed by atoms with Crippen molar-refractivity contribution in [1.29, 1.82) is 0 Å². The minimum atomic E-state index is -2.93. The van der Waals surface area contributed by atoms with E-state index in [2.05, 4.69) is 0 Å². The Labute approximate surface area is 104 Å². The monoisotopic (exact) mass is 262 g/mol. The van der Waals surface area contributed by atoms with Crippen molar-refractivity contribution >= 4 is 14.8 Å². The van der Waals surface area contributed by atoms with Crippen LogP contribution in [0.5, 0.6) is 0 Å². The van der Waals surface area contributed by atoms with Crippen molar-refractivity contribution in [1.82, 2.24) is 0 Å². The molecule has 0 saturated carbocycles. The maximum absolute atomic E-state index is 11.6. The van der Waals surface area contributed by atoms with Gasteiger partial charge in [0.1, 0.15) is 0 Å². The lowest BCUT2D eigenvalue weighted by molar-refractivity contribution is -0.136. The van der Waals surface area contributed by atoms with Gasteiger partial charge in [-0.15, -0.1) is 0 Å². The van der Waals surface area contributed by atoms with E-state index in [9.17, 15) is 4.79 Å². The van der Waals surface area contributed by atoms with Crippen LogP contribution in [0.4, 0.5) is 0 Å². The first-order valence-corrected chi connectivity index (χ1v) is 7.19. The molecule has 100 valence electrons. The van der Waals surface area contributed by atoms with Crippen LogP contribution in [0.2, 0.25) is 0 Å². The van der Waals surface area contributed by atoms with E-state index in [-0.39, 0.29) is 5.97 Å². The number of rotatable bonds is 7. The summed E-state index contributed by atoms with van der Waals surface area (Å²) in [6, 6.07) is 0. The van der Waals surface area contributed by atoms with Gasteiger partial charge in [0.15, 0.2) is 0 Å². The van der Waals surface area contributed by atoms with Crippen LogP contribution in [-0.2, 0) is 22.8 Å². The zero-order valence-electron chi connectivity index (χ0n) is 11.5. The normalized spacial score (nSPS) is 13.3. The first kappa shape index (κ1) is 16.3. The molecule has 0 spiro atoms. The lowest BCUT2D eigenvalue weighted by atomic mass is 10.2. The predicted molar refractivity (Wildman–Crippen MR) is 66.4 cm³/mol. The summed E-state index contributed by atoms with van der Waals surface area (Å²) >= 11 is 0. The predicted octanol–water partition coefficient (Wildman–Crippen LogP) is 1.69. The van der Waals surface area contributed by atoms with Crippen LogP contribution < -0.4 is 0 Å². The molecule has 0 aromatic carbocycles. The maximum atomic E-state index is 11.6. The molecule has 0 aromatic heterocycles. The molecule has 0 aliphatic rings. The number of ether oxygens (including phenoxy) is 1. The number of carbonyl (C=O) groups excluding carboxylic acids is 1. The van der Waals surface area contributed by atoms with Gasteiger partial charge in [0.05, 0.1) is 7.11 Å². The Morgan fingerprint density at radius 3 is 1.82 bits per heavy atom. The van der Waals surface area contributed by atoms with Crippen LogP contribution in [0.25, 0.3) is 0 Å². The smallest absolute Gasteiger partial charge is 0.466 e. The molecule has 0 radical (unpaired) electrons. The molecule has 0 N–H and O–H groups in total. The van der Waals surface area contributed by atoms with Crippen molar-refractivity contribution in [3.05, 3.63) is 10.8 Å². The van der Waals surface area contributed by atoms with E-state index in [1.165, 1.54) is 28.4 Å². The minimum absolute atomic E-state index is 0.378. The van der Waals surface area contributed by atoms with E-state index in [0.717, 1.165) is 11.6 Å². The summed E-state index contributed by atoms with van der Waals surface area (Å²) in [6.45, 7) is 3.72. The van der Waals surface area contributed by atoms with Crippen LogP contribution in [0.3, 0.4) is 0 Å². The van der Waals surface area contributed by atoms with E-state index < -0.39 is 8.80 Å². The van der Waals surface area contributed by atoms with E-state index in [0.29, 0.717) is 12.0 Å². The first-order chi connectivity index (χ1) is 8.02. The maximum Gasteiger partial charge on any atom is 0.532 e. The zero-order chi connectivity index (χ0) is 13.5. The van der Waals surface area contributed by atoms with E-state index in [4.69, 9.17) is 18.0 Å². The third-order valence-electron chi connectivity index (χ3n) is 2.62. The lowest BCUT2D eigenvalue weighted by Gasteiger charge is -2.28. The molecule has 0 amide bonds. The molecule has 0 atom stereocenters. The highest BCUT2D eigenvalue weighted by Gasteiger charge is 2.44. The van der Waals surface area contributed by atoms with E-state index in [1.54, 1.807) is 6.92 Å². The standard InChI is InChI=1S/C11H22O5Si/c1-7-8-10(9(2)11(12)13-3)17(14-4,15-5)16-6/h7-8H2,1-6H3/b10-9+. The summed E-state index contributed by atoms with van der Waals surface area (Å²) < 4.78 is 20.9. The number of hydrogen-bond donors (Lipinski definition) is 0. The molecular weight excluding hydrogens is 240 g/mol. The summed E-state index contributed by atoms with van der Waals surface area (Å²) in [6.07, 6.45) is 1.55. The van der Waals surface area contributed by atoms with Crippen molar-refractivity contribution in [3.8, 4) is 0 Å². The fraction of sp³-hybridized carbons (Fsp3) is 0.727. The molecular formula is C11H22O5Si. The highest BCUT2D eigenvalue weighted by atomic mass is 28.4. The second-order valence-electron chi connectivity index (χ2n) is 3.51. The number of esters is 1. The summed E-state index contributed by atoms with van der Waals surface area (Å²) in [7, 11) is 3.00. The molecule has 0 fully saturated rings. The van der Waals surface area contributed by atoms with Crippen molar-refractivity contribution in [2.75, 3.05) is 28.4 Å². The highest BCUT2D eigenvalue weighted by Crippen LogP contribution is 2.26. The summed E-state index contributed by atoms with van der Waals surface area (Å²) in [5.41, 5.74) is 0.506. The molecule has 17 heavy (non-hydrogen) atoms. The summed E-state index contributed by atoms with van der Waals surface area (Å²) in [5.74, 6) is -0.378. The Bertz CT molecular complexity index is 275. The quantitative estimate of drug-likeness (QED) is 0.397. The Balaban J connectivity index is 5.53. The SMILES string of the molecule is CCC/C(=C(/C)C(=O)OC)[Si](OC)(OC)OC. The fourth-order valence-electron chi connectivity index (χ4n) is 1.72. The summed E-state index contributed by atoms with van der Waals surface area (Å²) in [5, 5.41) is 0.777. The van der Waals surface area contributed by atoms with Crippen LogP contribution in [-0.4, -0.2) is 43.2 Å². The second kappa shape index (κ2) is 7.60. The van der Waals surface area contributed by atoms with Crippen LogP contribution in [0.1, 0.15) is 26.7 Å². The first-order valence-electron chi connectivity index (χ1n) is 5.46. The Hall–Kier alpha value is -0.693. The Kier molecular flexibility index (Phi) is 7.29. The summed E-state index contributed by atoms with van der Waals surface area (Å²) in [4.78, 5) is 11.6. The second-order valence-corrected chi connectivity index (χ2v) is 6.45. The van der Waals surface area contributed by atoms with Crippen LogP contribution >= 0.6 is 0 Å². The van der Waals surface area contributed by atoms with Gasteiger partial charge < -0.3 is 18.0 Å². The Morgan fingerprint density at radius 1 is 1.06 bits per heavy atom. The van der Waals surface area contributed by atoms with Gasteiger partial charge in [-0.25, -0.2) is 4.79 Å². The third kappa shape index (κ3) is 3.63. The van der Waals surface area contributed by atoms with Crippen LogP contribution in [0, 0.1) is 0 Å². The molecule has 5 nitrogen and oxygen atoms in total. The van der Waals surface area contributed by atoms with Crippen molar-refractivity contribution < 1.29 is 22.8 Å². The number of carbonyl (C=O) groups is 1. The number of methoxy groups -OCH3 is 1. The molecule has 0 aromatic rings. The van der Waals surface area contributed by atoms with Crippen molar-refractivity contribution in [3.63, 3.8) is 0 Å². The highest BCUT2D eigenvalue weighted by molar-refractivity contribution is 6.69. The molecule has 6 heteroatoms. The van der Waals surface area contributed by atoms with Crippen molar-refractivity contribution in [2.45, 2.75) is 26.7 Å². The zero-order valence-corrected chi connectivity index (χ0v) is 12.5. The molecule has 0 unspecified atom stereocenters. The van der Waals surface area contributed by atoms with Gasteiger partial charge in [-0.1, -0.05) is 13.3 Å². The average molecular weight is 262 g/mol.